The van der Waals surface area contributed by atoms with E-state index in [0.717, 1.165) is 31.2 Å². The molecule has 1 atom stereocenters. The van der Waals surface area contributed by atoms with Crippen molar-refractivity contribution in [3.8, 4) is 0 Å². The number of Topliss-reactive ketones (excluding diaryl/α,β-unsaturated/α-hetero) is 1. The van der Waals surface area contributed by atoms with Crippen LogP contribution in [0.5, 0.6) is 0 Å². The van der Waals surface area contributed by atoms with Crippen molar-refractivity contribution in [2.24, 2.45) is 0 Å². The minimum atomic E-state index is 0.0881. The summed E-state index contributed by atoms with van der Waals surface area (Å²) in [6.45, 7) is 1.59. The number of unbranched alkanes of at least 4 members (excludes halogenated alkanes) is 1. The Morgan fingerprint density at radius 3 is 2.62 bits per heavy atom. The predicted octanol–water partition coefficient (Wildman–Crippen LogP) is 3.22. The lowest BCUT2D eigenvalue weighted by molar-refractivity contribution is -0.129. The highest BCUT2D eigenvalue weighted by Crippen LogP contribution is 2.26. The van der Waals surface area contributed by atoms with Crippen molar-refractivity contribution < 1.29 is 9.59 Å². The molecule has 0 N–H and O–H groups in total. The van der Waals surface area contributed by atoms with Gasteiger partial charge in [-0.05, 0) is 42.9 Å². The summed E-state index contributed by atoms with van der Waals surface area (Å²) in [5.74, 6) is 0.882. The Morgan fingerprint density at radius 1 is 1.24 bits per heavy atom. The number of rotatable bonds is 6. The molecule has 0 fully saturated rings. The molecule has 114 valence electrons. The van der Waals surface area contributed by atoms with Gasteiger partial charge < -0.3 is 4.90 Å². The largest absolute Gasteiger partial charge is 0.342 e. The molecule has 0 bridgehead atoms. The molecule has 1 aliphatic carbocycles. The maximum absolute atomic E-state index is 12.1. The average molecular weight is 308 g/mol. The smallest absolute Gasteiger partial charge is 0.219 e. The minimum Gasteiger partial charge on any atom is -0.342 e. The fourth-order valence-corrected chi connectivity index (χ4v) is 3.01. The van der Waals surface area contributed by atoms with Crippen molar-refractivity contribution in [2.45, 2.75) is 45.1 Å². The molecule has 0 heterocycles. The lowest BCUT2D eigenvalue weighted by Gasteiger charge is -2.22. The van der Waals surface area contributed by atoms with Gasteiger partial charge in [0.15, 0.2) is 5.78 Å². The Kier molecular flexibility index (Phi) is 5.40. The van der Waals surface area contributed by atoms with Gasteiger partial charge in [-0.3, -0.25) is 9.59 Å². The van der Waals surface area contributed by atoms with Crippen LogP contribution in [0.2, 0.25) is 0 Å². The minimum absolute atomic E-state index is 0.0881. The summed E-state index contributed by atoms with van der Waals surface area (Å²) < 4.78 is 0. The Bertz CT molecular complexity index is 542. The molecule has 4 heteroatoms. The lowest BCUT2D eigenvalue weighted by atomic mass is 10.0. The highest BCUT2D eigenvalue weighted by atomic mass is 35.5. The molecule has 0 radical (unpaired) electrons. The summed E-state index contributed by atoms with van der Waals surface area (Å²) in [4.78, 5) is 25.4. The number of fused-ring (bicyclic) bond motifs is 1. The third kappa shape index (κ3) is 3.85. The second kappa shape index (κ2) is 7.08. The van der Waals surface area contributed by atoms with E-state index >= 15 is 0 Å². The van der Waals surface area contributed by atoms with Crippen LogP contribution in [-0.2, 0) is 17.6 Å². The fourth-order valence-electron chi connectivity index (χ4n) is 2.82. The summed E-state index contributed by atoms with van der Waals surface area (Å²) in [6.07, 6.45) is 4.00. The number of likely N-dealkylation sites (N-methyl/N-ethyl adjacent to an activating group) is 1. The zero-order valence-electron chi connectivity index (χ0n) is 12.7. The van der Waals surface area contributed by atoms with Crippen LogP contribution in [0.3, 0.4) is 0 Å². The first-order valence-electron chi connectivity index (χ1n) is 7.47. The topological polar surface area (TPSA) is 37.4 Å². The van der Waals surface area contributed by atoms with Gasteiger partial charge in [0.25, 0.3) is 0 Å². The second-order valence-electron chi connectivity index (χ2n) is 5.74. The third-order valence-electron chi connectivity index (χ3n) is 4.27. The first-order chi connectivity index (χ1) is 10.0. The molecule has 2 rings (SSSR count). The van der Waals surface area contributed by atoms with Crippen LogP contribution < -0.4 is 0 Å². The number of benzene rings is 1. The molecule has 0 saturated heterocycles. The number of alkyl halides is 1. The maximum Gasteiger partial charge on any atom is 0.219 e. The van der Waals surface area contributed by atoms with E-state index in [1.54, 1.807) is 11.8 Å². The van der Waals surface area contributed by atoms with Crippen LogP contribution in [0, 0.1) is 0 Å². The van der Waals surface area contributed by atoms with Gasteiger partial charge in [0.1, 0.15) is 0 Å². The van der Waals surface area contributed by atoms with Gasteiger partial charge in [-0.15, -0.1) is 11.6 Å². The van der Waals surface area contributed by atoms with Gasteiger partial charge in [-0.25, -0.2) is 0 Å². The molecule has 0 spiro atoms. The number of hydrogen-bond donors (Lipinski definition) is 0. The van der Waals surface area contributed by atoms with Gasteiger partial charge in [-0.2, -0.15) is 0 Å². The second-order valence-corrected chi connectivity index (χ2v) is 6.12. The Labute approximate surface area is 131 Å². The van der Waals surface area contributed by atoms with E-state index in [-0.39, 0.29) is 17.7 Å². The van der Waals surface area contributed by atoms with Crippen molar-refractivity contribution in [1.29, 1.82) is 0 Å². The first-order valence-corrected chi connectivity index (χ1v) is 8.00. The van der Waals surface area contributed by atoms with E-state index in [1.165, 1.54) is 11.1 Å². The van der Waals surface area contributed by atoms with E-state index < -0.39 is 0 Å². The molecule has 3 nitrogen and oxygen atoms in total. The molecule has 0 aromatic heterocycles. The van der Waals surface area contributed by atoms with Crippen LogP contribution in [0.1, 0.15) is 47.7 Å². The fraction of sp³-hybridized carbons (Fsp3) is 0.529. The van der Waals surface area contributed by atoms with E-state index in [4.69, 9.17) is 11.6 Å². The number of ketones is 1. The normalized spacial score (nSPS) is 16.6. The first kappa shape index (κ1) is 16.0. The zero-order valence-corrected chi connectivity index (χ0v) is 13.4. The molecule has 1 aromatic rings. The Morgan fingerprint density at radius 2 is 1.95 bits per heavy atom. The standard InChI is InChI=1S/C17H22ClNO2/c1-12(20)19(2)16-10-13-6-7-14(9-15(13)11-16)17(21)5-3-4-8-18/h6-7,9,16H,3-5,8,10-11H2,1-2H3. The number of carbonyl (C=O) groups excluding carboxylic acids is 2. The van der Waals surface area contributed by atoms with Crippen LogP contribution in [-0.4, -0.2) is 35.6 Å². The molecule has 1 aromatic carbocycles. The van der Waals surface area contributed by atoms with Crippen molar-refractivity contribution in [3.63, 3.8) is 0 Å². The molecule has 21 heavy (non-hydrogen) atoms. The number of nitrogens with zero attached hydrogens (tertiary/aromatic N) is 1. The Balaban J connectivity index is 2.04. The van der Waals surface area contributed by atoms with Crippen LogP contribution in [0.4, 0.5) is 0 Å². The summed E-state index contributed by atoms with van der Waals surface area (Å²) in [5.41, 5.74) is 3.25. The van der Waals surface area contributed by atoms with Gasteiger partial charge in [0, 0.05) is 37.9 Å². The molecular formula is C17H22ClNO2. The van der Waals surface area contributed by atoms with Crippen LogP contribution in [0.15, 0.2) is 18.2 Å². The molecule has 1 aliphatic rings. The van der Waals surface area contributed by atoms with Crippen molar-refractivity contribution in [2.75, 3.05) is 12.9 Å². The molecule has 1 unspecified atom stereocenters. The van der Waals surface area contributed by atoms with E-state index in [2.05, 4.69) is 0 Å². The molecular weight excluding hydrogens is 286 g/mol. The highest BCUT2D eigenvalue weighted by Gasteiger charge is 2.26. The van der Waals surface area contributed by atoms with Crippen LogP contribution >= 0.6 is 11.6 Å². The summed E-state index contributed by atoms with van der Waals surface area (Å²) in [5, 5.41) is 0. The number of carbonyl (C=O) groups is 2. The third-order valence-corrected chi connectivity index (χ3v) is 4.54. The van der Waals surface area contributed by atoms with E-state index in [1.807, 2.05) is 25.2 Å². The summed E-state index contributed by atoms with van der Waals surface area (Å²) in [6, 6.07) is 6.18. The summed E-state index contributed by atoms with van der Waals surface area (Å²) in [7, 11) is 1.84. The van der Waals surface area contributed by atoms with Gasteiger partial charge in [0.05, 0.1) is 0 Å². The zero-order chi connectivity index (χ0) is 15.4. The highest BCUT2D eigenvalue weighted by molar-refractivity contribution is 6.17. The molecule has 0 saturated carbocycles. The monoisotopic (exact) mass is 307 g/mol. The van der Waals surface area contributed by atoms with Gasteiger partial charge in [-0.1, -0.05) is 12.1 Å². The SMILES string of the molecule is CC(=O)N(C)C1Cc2ccc(C(=O)CCCCCl)cc2C1. The number of halogens is 1. The predicted molar refractivity (Wildman–Crippen MR) is 85.0 cm³/mol. The van der Waals surface area contributed by atoms with Gasteiger partial charge >= 0.3 is 0 Å². The average Bonchev–Trinajstić information content (AvgIpc) is 2.89. The number of amides is 1. The molecule has 1 amide bonds. The van der Waals surface area contributed by atoms with Crippen molar-refractivity contribution in [1.82, 2.24) is 4.90 Å². The van der Waals surface area contributed by atoms with Crippen molar-refractivity contribution in [3.05, 3.63) is 34.9 Å². The van der Waals surface area contributed by atoms with Gasteiger partial charge in [0.2, 0.25) is 5.91 Å². The quantitative estimate of drug-likeness (QED) is 0.460. The number of hydrogen-bond acceptors (Lipinski definition) is 2. The van der Waals surface area contributed by atoms with Crippen molar-refractivity contribution >= 4 is 23.3 Å². The summed E-state index contributed by atoms with van der Waals surface area (Å²) >= 11 is 5.64. The maximum atomic E-state index is 12.1. The Hall–Kier alpha value is -1.35. The van der Waals surface area contributed by atoms with Crippen LogP contribution in [0.25, 0.3) is 0 Å². The molecule has 0 aliphatic heterocycles. The van der Waals surface area contributed by atoms with E-state index in [9.17, 15) is 9.59 Å². The van der Waals surface area contributed by atoms with E-state index in [0.29, 0.717) is 12.3 Å². The lowest BCUT2D eigenvalue weighted by Crippen LogP contribution is -2.35.